The van der Waals surface area contributed by atoms with Crippen molar-refractivity contribution in [1.29, 1.82) is 0 Å². The predicted octanol–water partition coefficient (Wildman–Crippen LogP) is 2.80. The number of esters is 1. The van der Waals surface area contributed by atoms with Crippen molar-refractivity contribution >= 4 is 12.0 Å². The van der Waals surface area contributed by atoms with Gasteiger partial charge < -0.3 is 10.1 Å². The van der Waals surface area contributed by atoms with Gasteiger partial charge >= 0.3 is 12.0 Å². The van der Waals surface area contributed by atoms with Crippen molar-refractivity contribution in [3.05, 3.63) is 65.1 Å². The maximum Gasteiger partial charge on any atom is 0.338 e. The lowest BCUT2D eigenvalue weighted by molar-refractivity contribution is -0.139. The van der Waals surface area contributed by atoms with Crippen LogP contribution in [-0.4, -0.2) is 39.8 Å². The molecule has 0 aliphatic carbocycles. The summed E-state index contributed by atoms with van der Waals surface area (Å²) in [5.41, 5.74) is 2.89. The monoisotopic (exact) mass is 368 g/mol. The van der Waals surface area contributed by atoms with Crippen molar-refractivity contribution in [3.8, 4) is 0 Å². The summed E-state index contributed by atoms with van der Waals surface area (Å²) < 4.78 is 7.06. The molecule has 2 heterocycles. The molecule has 1 aliphatic rings. The topological polar surface area (TPSA) is 76.5 Å². The third kappa shape index (κ3) is 3.86. The van der Waals surface area contributed by atoms with Gasteiger partial charge in [-0.15, -0.1) is 0 Å². The number of carbonyl (C=O) groups excluding carboxylic acids is 2. The molecule has 0 saturated heterocycles. The average molecular weight is 368 g/mol. The second kappa shape index (κ2) is 8.07. The van der Waals surface area contributed by atoms with Gasteiger partial charge in [-0.1, -0.05) is 30.3 Å². The van der Waals surface area contributed by atoms with E-state index in [1.54, 1.807) is 22.7 Å². The molecule has 0 radical (unpaired) electrons. The number of nitrogens with zero attached hydrogens (tertiary/aromatic N) is 3. The lowest BCUT2D eigenvalue weighted by Gasteiger charge is -2.36. The largest absolute Gasteiger partial charge is 0.463 e. The maximum atomic E-state index is 12.9. The number of nitrogens with one attached hydrogen (secondary N) is 1. The van der Waals surface area contributed by atoms with Crippen LogP contribution in [-0.2, 0) is 16.1 Å². The predicted molar refractivity (Wildman–Crippen MR) is 101 cm³/mol. The fourth-order valence-electron chi connectivity index (χ4n) is 3.26. The molecule has 0 saturated carbocycles. The van der Waals surface area contributed by atoms with E-state index in [-0.39, 0.29) is 12.6 Å². The van der Waals surface area contributed by atoms with Crippen molar-refractivity contribution in [2.45, 2.75) is 33.4 Å². The normalized spacial score (nSPS) is 17.1. The number of aryl methyl sites for hydroxylation is 1. The van der Waals surface area contributed by atoms with Crippen LogP contribution in [0.25, 0.3) is 0 Å². The number of hydrogen-bond acceptors (Lipinski definition) is 4. The third-order valence-electron chi connectivity index (χ3n) is 4.46. The van der Waals surface area contributed by atoms with E-state index >= 15 is 0 Å². The Morgan fingerprint density at radius 1 is 1.26 bits per heavy atom. The first-order valence-electron chi connectivity index (χ1n) is 9.07. The van der Waals surface area contributed by atoms with Crippen molar-refractivity contribution in [2.75, 3.05) is 13.2 Å². The molecular weight excluding hydrogens is 344 g/mol. The Labute approximate surface area is 158 Å². The molecule has 2 aromatic rings. The molecule has 2 amide bonds. The second-order valence-corrected chi connectivity index (χ2v) is 6.33. The first-order valence-corrected chi connectivity index (χ1v) is 9.07. The minimum absolute atomic E-state index is 0.238. The first kappa shape index (κ1) is 18.7. The van der Waals surface area contributed by atoms with Crippen LogP contribution >= 0.6 is 0 Å². The molecule has 3 rings (SSSR count). The van der Waals surface area contributed by atoms with Gasteiger partial charge in [-0.2, -0.15) is 5.10 Å². The number of amides is 2. The molecule has 1 unspecified atom stereocenters. The number of rotatable bonds is 6. The molecule has 27 heavy (non-hydrogen) atoms. The first-order chi connectivity index (χ1) is 13.0. The van der Waals surface area contributed by atoms with Gasteiger partial charge in [0.1, 0.15) is 0 Å². The molecule has 0 fully saturated rings. The van der Waals surface area contributed by atoms with Crippen LogP contribution < -0.4 is 5.32 Å². The highest BCUT2D eigenvalue weighted by Crippen LogP contribution is 2.32. The summed E-state index contributed by atoms with van der Waals surface area (Å²) in [7, 11) is 0. The van der Waals surface area contributed by atoms with E-state index in [4.69, 9.17) is 4.74 Å². The Bertz CT molecular complexity index is 857. The number of hydrogen-bond donors (Lipinski definition) is 1. The lowest BCUT2D eigenvalue weighted by atomic mass is 9.94. The quantitative estimate of drug-likeness (QED) is 0.796. The molecule has 7 nitrogen and oxygen atoms in total. The minimum Gasteiger partial charge on any atom is -0.463 e. The van der Waals surface area contributed by atoms with E-state index in [0.29, 0.717) is 24.4 Å². The fourth-order valence-corrected chi connectivity index (χ4v) is 3.26. The summed E-state index contributed by atoms with van der Waals surface area (Å²) in [5, 5.41) is 7.26. The summed E-state index contributed by atoms with van der Waals surface area (Å²) >= 11 is 0. The number of ether oxygens (including phenoxy) is 1. The zero-order valence-corrected chi connectivity index (χ0v) is 15.8. The Morgan fingerprint density at radius 3 is 2.59 bits per heavy atom. The standard InChI is InChI=1S/C20H24N4O3/c1-4-24-16(13-23-12-14(3)11-21-23)17(19(25)27-5-2)18(22-20(24)26)15-9-7-6-8-10-15/h6-12,18H,4-5,13H2,1-3H3,(H,22,26). The Morgan fingerprint density at radius 2 is 2.00 bits per heavy atom. The molecule has 0 spiro atoms. The molecule has 1 atom stereocenters. The Kier molecular flexibility index (Phi) is 5.59. The van der Waals surface area contributed by atoms with E-state index in [0.717, 1.165) is 11.1 Å². The highest BCUT2D eigenvalue weighted by Gasteiger charge is 2.37. The summed E-state index contributed by atoms with van der Waals surface area (Å²) in [6, 6.07) is 8.64. The molecule has 1 aromatic heterocycles. The number of benzene rings is 1. The van der Waals surface area contributed by atoms with Crippen LogP contribution in [0.15, 0.2) is 54.0 Å². The lowest BCUT2D eigenvalue weighted by Crippen LogP contribution is -2.49. The van der Waals surface area contributed by atoms with E-state index in [9.17, 15) is 9.59 Å². The van der Waals surface area contributed by atoms with E-state index in [2.05, 4.69) is 10.4 Å². The van der Waals surface area contributed by atoms with E-state index < -0.39 is 12.0 Å². The summed E-state index contributed by atoms with van der Waals surface area (Å²) in [4.78, 5) is 27.2. The SMILES string of the molecule is CCOC(=O)C1=C(Cn2cc(C)cn2)N(CC)C(=O)NC1c1ccccc1. The van der Waals surface area contributed by atoms with Crippen LogP contribution in [0.5, 0.6) is 0 Å². The highest BCUT2D eigenvalue weighted by atomic mass is 16.5. The number of allylic oxidation sites excluding steroid dienone is 1. The summed E-state index contributed by atoms with van der Waals surface area (Å²) in [6.07, 6.45) is 3.63. The van der Waals surface area contributed by atoms with E-state index in [1.165, 1.54) is 0 Å². The van der Waals surface area contributed by atoms with Crippen molar-refractivity contribution in [3.63, 3.8) is 0 Å². The second-order valence-electron chi connectivity index (χ2n) is 6.33. The molecular formula is C20H24N4O3. The minimum atomic E-state index is -0.563. The average Bonchev–Trinajstić information content (AvgIpc) is 3.07. The van der Waals surface area contributed by atoms with Gasteiger partial charge in [-0.05, 0) is 31.9 Å². The molecule has 1 N–H and O–H groups in total. The van der Waals surface area contributed by atoms with Gasteiger partial charge in [-0.3, -0.25) is 9.58 Å². The summed E-state index contributed by atoms with van der Waals surface area (Å²) in [5.74, 6) is -0.427. The zero-order chi connectivity index (χ0) is 19.4. The molecule has 1 aromatic carbocycles. The van der Waals surface area contributed by atoms with Crippen molar-refractivity contribution < 1.29 is 14.3 Å². The molecule has 1 aliphatic heterocycles. The van der Waals surface area contributed by atoms with Gasteiger partial charge in [0.05, 0.1) is 36.7 Å². The van der Waals surface area contributed by atoms with Gasteiger partial charge in [0.25, 0.3) is 0 Å². The van der Waals surface area contributed by atoms with Crippen molar-refractivity contribution in [1.82, 2.24) is 20.0 Å². The van der Waals surface area contributed by atoms with E-state index in [1.807, 2.05) is 50.4 Å². The maximum absolute atomic E-state index is 12.9. The Hall–Kier alpha value is -3.09. The third-order valence-corrected chi connectivity index (χ3v) is 4.46. The number of urea groups is 1. The van der Waals surface area contributed by atoms with Crippen molar-refractivity contribution in [2.24, 2.45) is 0 Å². The van der Waals surface area contributed by atoms with Crippen LogP contribution in [0.4, 0.5) is 4.79 Å². The molecule has 142 valence electrons. The van der Waals surface area contributed by atoms with Gasteiger partial charge in [0.2, 0.25) is 0 Å². The van der Waals surface area contributed by atoms with Crippen LogP contribution in [0.1, 0.15) is 31.0 Å². The smallest absolute Gasteiger partial charge is 0.338 e. The Balaban J connectivity index is 2.14. The highest BCUT2D eigenvalue weighted by molar-refractivity contribution is 5.95. The number of carbonyl (C=O) groups is 2. The molecule has 7 heteroatoms. The van der Waals surface area contributed by atoms with Gasteiger partial charge in [0.15, 0.2) is 0 Å². The summed E-state index contributed by atoms with van der Waals surface area (Å²) in [6.45, 7) is 6.60. The molecule has 0 bridgehead atoms. The fraction of sp³-hybridized carbons (Fsp3) is 0.350. The van der Waals surface area contributed by atoms with Crippen LogP contribution in [0.2, 0.25) is 0 Å². The van der Waals surface area contributed by atoms with Crippen LogP contribution in [0, 0.1) is 6.92 Å². The van der Waals surface area contributed by atoms with Gasteiger partial charge in [0, 0.05) is 12.7 Å². The van der Waals surface area contributed by atoms with Crippen LogP contribution in [0.3, 0.4) is 0 Å². The van der Waals surface area contributed by atoms with Gasteiger partial charge in [-0.25, -0.2) is 9.59 Å². The number of likely N-dealkylation sites (N-methyl/N-ethyl adjacent to an activating group) is 1. The zero-order valence-electron chi connectivity index (χ0n) is 15.8. The number of aromatic nitrogens is 2.